The zero-order valence-corrected chi connectivity index (χ0v) is 52.5. The molecule has 0 spiro atoms. The third-order valence-electron chi connectivity index (χ3n) is 15.5. The highest BCUT2D eigenvalue weighted by atomic mass is 16.6. The van der Waals surface area contributed by atoms with E-state index in [1.165, 1.54) is 263 Å². The predicted molar refractivity (Wildman–Crippen MR) is 339 cm³/mol. The van der Waals surface area contributed by atoms with Crippen LogP contribution in [0.15, 0.2) is 48.6 Å². The van der Waals surface area contributed by atoms with E-state index in [0.29, 0.717) is 19.3 Å². The Bertz CT molecular complexity index is 1350. The first-order chi connectivity index (χ1) is 38.5. The minimum atomic E-state index is -0.776. The molecule has 0 amide bonds. The highest BCUT2D eigenvalue weighted by molar-refractivity contribution is 5.71. The molecule has 0 bridgehead atoms. The molecule has 0 rings (SSSR count). The number of unbranched alkanes of at least 4 members (excludes halogenated alkanes) is 45. The molecule has 456 valence electrons. The molecule has 6 heteroatoms. The number of hydrogen-bond acceptors (Lipinski definition) is 6. The second-order valence-corrected chi connectivity index (χ2v) is 23.4. The Morgan fingerprint density at radius 1 is 0.256 bits per heavy atom. The van der Waals surface area contributed by atoms with Crippen molar-refractivity contribution in [1.29, 1.82) is 0 Å². The van der Waals surface area contributed by atoms with Crippen molar-refractivity contribution in [3.05, 3.63) is 48.6 Å². The molecular weight excluding hydrogens is 961 g/mol. The lowest BCUT2D eigenvalue weighted by Gasteiger charge is -2.18. The van der Waals surface area contributed by atoms with Gasteiger partial charge in [-0.2, -0.15) is 0 Å². The SMILES string of the molecule is CCCCC/C=C\CCCCCCCC(=O)OCC(COC(=O)CCCCCCCCCCCCCCCCCCC/C=C\C/C=C\CCCCCCC)OC(=O)CCCCCCCCCCC/C=C\CCCCCCCC. The second kappa shape index (κ2) is 66.9. The normalized spacial score (nSPS) is 12.3. The number of ether oxygens (including phenoxy) is 3. The molecule has 0 radical (unpaired) electrons. The summed E-state index contributed by atoms with van der Waals surface area (Å²) in [5.41, 5.74) is 0. The Kier molecular flexibility index (Phi) is 64.6. The molecular formula is C72H132O6. The monoisotopic (exact) mass is 1090 g/mol. The lowest BCUT2D eigenvalue weighted by Crippen LogP contribution is -2.30. The van der Waals surface area contributed by atoms with Crippen LogP contribution in [0.5, 0.6) is 0 Å². The van der Waals surface area contributed by atoms with Crippen LogP contribution in [0.3, 0.4) is 0 Å². The van der Waals surface area contributed by atoms with Crippen molar-refractivity contribution in [1.82, 2.24) is 0 Å². The van der Waals surface area contributed by atoms with E-state index in [1.807, 2.05) is 0 Å². The Morgan fingerprint density at radius 2 is 0.462 bits per heavy atom. The van der Waals surface area contributed by atoms with Crippen LogP contribution >= 0.6 is 0 Å². The summed E-state index contributed by atoms with van der Waals surface area (Å²) < 4.78 is 17.0. The summed E-state index contributed by atoms with van der Waals surface area (Å²) in [6.45, 7) is 6.65. The molecule has 0 N–H and O–H groups in total. The van der Waals surface area contributed by atoms with E-state index in [1.54, 1.807) is 0 Å². The van der Waals surface area contributed by atoms with Crippen molar-refractivity contribution < 1.29 is 28.6 Å². The quantitative estimate of drug-likeness (QED) is 0.0261. The molecule has 0 aliphatic carbocycles. The van der Waals surface area contributed by atoms with Gasteiger partial charge >= 0.3 is 17.9 Å². The van der Waals surface area contributed by atoms with Gasteiger partial charge in [-0.25, -0.2) is 0 Å². The van der Waals surface area contributed by atoms with Gasteiger partial charge in [-0.1, -0.05) is 301 Å². The molecule has 78 heavy (non-hydrogen) atoms. The lowest BCUT2D eigenvalue weighted by molar-refractivity contribution is -0.167. The maximum absolute atomic E-state index is 12.9. The van der Waals surface area contributed by atoms with E-state index in [2.05, 4.69) is 69.4 Å². The van der Waals surface area contributed by atoms with Gasteiger partial charge in [0, 0.05) is 19.3 Å². The molecule has 0 heterocycles. The number of carbonyl (C=O) groups excluding carboxylic acids is 3. The van der Waals surface area contributed by atoms with Crippen LogP contribution in [-0.4, -0.2) is 37.2 Å². The molecule has 0 aromatic rings. The van der Waals surface area contributed by atoms with Gasteiger partial charge in [-0.3, -0.25) is 14.4 Å². The Balaban J connectivity index is 4.18. The molecule has 0 saturated carbocycles. The van der Waals surface area contributed by atoms with E-state index in [9.17, 15) is 14.4 Å². The van der Waals surface area contributed by atoms with Gasteiger partial charge in [0.15, 0.2) is 6.10 Å². The van der Waals surface area contributed by atoms with Crippen LogP contribution in [0.2, 0.25) is 0 Å². The van der Waals surface area contributed by atoms with Crippen molar-refractivity contribution in [2.45, 2.75) is 380 Å². The number of rotatable bonds is 64. The molecule has 0 aliphatic rings. The maximum atomic E-state index is 12.9. The minimum Gasteiger partial charge on any atom is -0.462 e. The summed E-state index contributed by atoms with van der Waals surface area (Å²) in [5.74, 6) is -0.862. The largest absolute Gasteiger partial charge is 0.462 e. The molecule has 0 aromatic heterocycles. The fraction of sp³-hybridized carbons (Fsp3) is 0.847. The summed E-state index contributed by atoms with van der Waals surface area (Å²) in [6, 6.07) is 0. The third-order valence-corrected chi connectivity index (χ3v) is 15.5. The molecule has 0 saturated heterocycles. The topological polar surface area (TPSA) is 78.9 Å². The number of hydrogen-bond donors (Lipinski definition) is 0. The predicted octanol–water partition coefficient (Wildman–Crippen LogP) is 23.7. The van der Waals surface area contributed by atoms with Gasteiger partial charge < -0.3 is 14.2 Å². The highest BCUT2D eigenvalue weighted by Gasteiger charge is 2.19. The lowest BCUT2D eigenvalue weighted by atomic mass is 10.0. The van der Waals surface area contributed by atoms with E-state index < -0.39 is 6.10 Å². The standard InChI is InChI=1S/C72H132O6/c1-4-7-10-13-16-19-22-25-27-29-31-32-33-34-35-36-37-38-39-40-42-43-45-47-50-53-56-59-62-65-71(74)77-68-69(67-76-70(73)64-61-58-55-52-49-24-21-18-15-12-9-6-3)78-72(75)66-63-60-57-54-51-48-46-44-41-30-28-26-23-20-17-14-11-8-5-2/h18,21-22,25-26,28-29,31,69H,4-17,19-20,23-24,27,30,32-68H2,1-3H3/b21-18-,25-22-,28-26-,31-29-. The van der Waals surface area contributed by atoms with Gasteiger partial charge in [0.05, 0.1) is 0 Å². The van der Waals surface area contributed by atoms with Crippen LogP contribution in [-0.2, 0) is 28.6 Å². The van der Waals surface area contributed by atoms with Gasteiger partial charge in [-0.15, -0.1) is 0 Å². The first-order valence-electron chi connectivity index (χ1n) is 34.6. The fourth-order valence-corrected chi connectivity index (χ4v) is 10.3. The van der Waals surface area contributed by atoms with Crippen LogP contribution < -0.4 is 0 Å². The van der Waals surface area contributed by atoms with Crippen LogP contribution in [0.4, 0.5) is 0 Å². The van der Waals surface area contributed by atoms with E-state index in [4.69, 9.17) is 14.2 Å². The summed E-state index contributed by atoms with van der Waals surface area (Å²) >= 11 is 0. The summed E-state index contributed by atoms with van der Waals surface area (Å²) in [6.07, 6.45) is 84.3. The fourth-order valence-electron chi connectivity index (χ4n) is 10.3. The highest BCUT2D eigenvalue weighted by Crippen LogP contribution is 2.18. The van der Waals surface area contributed by atoms with Crippen LogP contribution in [0, 0.1) is 0 Å². The van der Waals surface area contributed by atoms with Crippen LogP contribution in [0.1, 0.15) is 374 Å². The molecule has 0 fully saturated rings. The van der Waals surface area contributed by atoms with Gasteiger partial charge in [0.1, 0.15) is 13.2 Å². The van der Waals surface area contributed by atoms with Gasteiger partial charge in [0.2, 0.25) is 0 Å². The van der Waals surface area contributed by atoms with E-state index in [0.717, 1.165) is 70.6 Å². The van der Waals surface area contributed by atoms with Crippen molar-refractivity contribution in [2.24, 2.45) is 0 Å². The van der Waals surface area contributed by atoms with Gasteiger partial charge in [0.25, 0.3) is 0 Å². The summed E-state index contributed by atoms with van der Waals surface area (Å²) in [4.78, 5) is 38.3. The zero-order valence-electron chi connectivity index (χ0n) is 52.5. The zero-order chi connectivity index (χ0) is 56.4. The Morgan fingerprint density at radius 3 is 0.744 bits per heavy atom. The molecule has 0 aromatic carbocycles. The summed E-state index contributed by atoms with van der Waals surface area (Å²) in [7, 11) is 0. The number of esters is 3. The molecule has 1 unspecified atom stereocenters. The third kappa shape index (κ3) is 64.2. The van der Waals surface area contributed by atoms with Crippen LogP contribution in [0.25, 0.3) is 0 Å². The van der Waals surface area contributed by atoms with E-state index >= 15 is 0 Å². The smallest absolute Gasteiger partial charge is 0.306 e. The maximum Gasteiger partial charge on any atom is 0.306 e. The molecule has 0 aliphatic heterocycles. The summed E-state index contributed by atoms with van der Waals surface area (Å²) in [5, 5.41) is 0. The number of carbonyl (C=O) groups is 3. The van der Waals surface area contributed by atoms with Crippen molar-refractivity contribution in [2.75, 3.05) is 13.2 Å². The average molecular weight is 1090 g/mol. The Labute approximate surface area is 486 Å². The Hall–Kier alpha value is -2.63. The first-order valence-corrected chi connectivity index (χ1v) is 34.6. The number of allylic oxidation sites excluding steroid dienone is 8. The van der Waals surface area contributed by atoms with E-state index in [-0.39, 0.29) is 31.1 Å². The molecule has 1 atom stereocenters. The minimum absolute atomic E-state index is 0.0727. The molecule has 6 nitrogen and oxygen atoms in total. The second-order valence-electron chi connectivity index (χ2n) is 23.4. The first kappa shape index (κ1) is 75.4. The van der Waals surface area contributed by atoms with Crippen molar-refractivity contribution >= 4 is 17.9 Å². The average Bonchev–Trinajstić information content (AvgIpc) is 3.44. The van der Waals surface area contributed by atoms with Crippen molar-refractivity contribution in [3.63, 3.8) is 0 Å². The van der Waals surface area contributed by atoms with Crippen molar-refractivity contribution in [3.8, 4) is 0 Å². The van der Waals surface area contributed by atoms with Gasteiger partial charge in [-0.05, 0) is 103 Å².